The highest BCUT2D eigenvalue weighted by Crippen LogP contribution is 2.31. The molecule has 0 unspecified atom stereocenters. The van der Waals surface area contributed by atoms with E-state index in [1.807, 2.05) is 18.2 Å². The van der Waals surface area contributed by atoms with Crippen LogP contribution in [-0.4, -0.2) is 160 Å². The van der Waals surface area contributed by atoms with E-state index in [1.54, 1.807) is 43.0 Å². The molecule has 2 bridgehead atoms. The monoisotopic (exact) mass is 1270 g/mol. The number of ether oxygens (including phenoxy) is 1. The van der Waals surface area contributed by atoms with E-state index in [4.69, 9.17) is 16.7 Å². The zero-order valence-corrected chi connectivity index (χ0v) is 52.3. The Kier molecular flexibility index (Phi) is 27.0. The predicted molar refractivity (Wildman–Crippen MR) is 337 cm³/mol. The molecule has 0 spiro atoms. The average Bonchev–Trinajstić information content (AvgIpc) is 2.65. The van der Waals surface area contributed by atoms with Crippen LogP contribution < -0.4 is 47.3 Å². The fourth-order valence-electron chi connectivity index (χ4n) is 10.4. The quantitative estimate of drug-likeness (QED) is 0.0299. The molecular weight excluding hydrogens is 1190 g/mol. The zero-order chi connectivity index (χ0) is 64.6. The van der Waals surface area contributed by atoms with Crippen LogP contribution in [0.2, 0.25) is 0 Å². The van der Waals surface area contributed by atoms with Gasteiger partial charge in [0, 0.05) is 90.3 Å². The van der Waals surface area contributed by atoms with Gasteiger partial charge in [0.1, 0.15) is 59.4 Å². The summed E-state index contributed by atoms with van der Waals surface area (Å²) in [6.45, 7) is 6.14. The van der Waals surface area contributed by atoms with Crippen molar-refractivity contribution in [2.75, 3.05) is 38.2 Å². The van der Waals surface area contributed by atoms with Crippen LogP contribution in [0.4, 0.5) is 4.39 Å². The lowest BCUT2D eigenvalue weighted by Gasteiger charge is -2.37. The molecule has 0 aliphatic carbocycles. The van der Waals surface area contributed by atoms with E-state index in [0.29, 0.717) is 70.2 Å². The minimum absolute atomic E-state index is 0.0648. The largest absolute Gasteiger partial charge is 0.497 e. The second-order valence-electron chi connectivity index (χ2n) is 22.2. The Morgan fingerprint density at radius 2 is 1.42 bits per heavy atom. The third-order valence-corrected chi connectivity index (χ3v) is 17.5. The van der Waals surface area contributed by atoms with Crippen LogP contribution in [0.1, 0.15) is 101 Å². The number of methoxy groups -OCH3 is 1. The third kappa shape index (κ3) is 20.6. The number of rotatable bonds is 13. The van der Waals surface area contributed by atoms with E-state index < -0.39 is 107 Å². The first kappa shape index (κ1) is 69.8. The topological polar surface area (TPSA) is 347 Å². The Bertz CT molecular complexity index is 3250. The zero-order valence-electron chi connectivity index (χ0n) is 50.7. The van der Waals surface area contributed by atoms with Gasteiger partial charge in [-0.1, -0.05) is 41.5 Å². The summed E-state index contributed by atoms with van der Waals surface area (Å²) >= 11 is 3.14. The molecule has 9 amide bonds. The number of aromatic nitrogens is 1. The molecule has 1 saturated heterocycles. The van der Waals surface area contributed by atoms with Crippen molar-refractivity contribution in [2.45, 2.75) is 157 Å². The van der Waals surface area contributed by atoms with Crippen molar-refractivity contribution in [2.24, 2.45) is 5.11 Å². The molecule has 9 atom stereocenters. The van der Waals surface area contributed by atoms with Gasteiger partial charge >= 0.3 is 0 Å². The number of hydrogen-bond donors (Lipinski definition) is 10. The number of azide groups is 1. The number of aliphatic hydroxyl groups excluding tert-OH is 1. The van der Waals surface area contributed by atoms with Crippen molar-refractivity contribution in [3.63, 3.8) is 0 Å². The number of unbranched alkanes of at least 4 members (excludes halogenated alkanes) is 1. The smallest absolute Gasteiger partial charge is 0.246 e. The van der Waals surface area contributed by atoms with Crippen LogP contribution in [0.3, 0.4) is 0 Å². The Morgan fingerprint density at radius 3 is 2.10 bits per heavy atom. The summed E-state index contributed by atoms with van der Waals surface area (Å²) in [6, 6.07) is 8.84. The summed E-state index contributed by atoms with van der Waals surface area (Å²) in [5.74, 6) is -2.02. The van der Waals surface area contributed by atoms with Crippen LogP contribution in [0.5, 0.6) is 5.75 Å². The molecule has 10 N–H and O–H groups in total. The third-order valence-electron chi connectivity index (χ3n) is 15.4. The number of halogens is 1. The molecule has 1 fully saturated rings. The number of carbonyl (C=O) groups excluding carboxylic acids is 9. The van der Waals surface area contributed by atoms with Gasteiger partial charge in [0.25, 0.3) is 0 Å². The lowest BCUT2D eigenvalue weighted by atomic mass is 9.95. The van der Waals surface area contributed by atoms with E-state index in [0.717, 1.165) is 11.1 Å². The van der Waals surface area contributed by atoms with E-state index >= 15 is 0 Å². The number of nitrogens with one attached hydrogen (secondary N) is 9. The molecule has 1 aromatic heterocycles. The number of amides is 9. The van der Waals surface area contributed by atoms with Gasteiger partial charge in [-0.2, -0.15) is 23.5 Å². The van der Waals surface area contributed by atoms with E-state index in [9.17, 15) is 52.6 Å². The van der Waals surface area contributed by atoms with Crippen LogP contribution >= 0.6 is 23.5 Å². The van der Waals surface area contributed by atoms with Crippen molar-refractivity contribution >= 4 is 87.6 Å². The molecule has 89 heavy (non-hydrogen) atoms. The summed E-state index contributed by atoms with van der Waals surface area (Å²) in [5.41, 5.74) is 11.2. The standard InChI is InChI=1S/C62H80FN13O11S2/c1-7-8-9-15-48-57(82)74-53(39(4)77)59(84)73-51(31-40-17-20-45(87-6)21-18-40)60(85)76-27-12-24-62(76,5)61(86)65-26-29-89-36-42-14-10-13-41(30-42)35-88-28-23-52(78)68-37(2)54(79)69-38(3)55(80)70-49(16-11-25-67-75-64)56(81)72-50(58(83)71-48)32-43-34-66-47-22-19-44(63)33-46(43)47/h1,10,13-14,17-22,30,33-34,37-39,48-51,53,66,77H,8-9,11-12,15-16,23-29,31-32,35-36H2,2-6H3,(H,65,86)(H,68,78)(H,69,79)(H,70,80)(H,71,83)(H,72,81)(H,73,84)(H,74,82)/t37-,38+,39+,48-,49-,50-,51-,53-,62-/m0/s1. The van der Waals surface area contributed by atoms with Gasteiger partial charge in [-0.25, -0.2) is 4.39 Å². The lowest BCUT2D eigenvalue weighted by Crippen LogP contribution is -2.63. The number of nitrogens with zero attached hydrogens (tertiary/aromatic N) is 4. The van der Waals surface area contributed by atoms with E-state index in [2.05, 4.69) is 69.5 Å². The molecule has 2 aliphatic rings. The van der Waals surface area contributed by atoms with Crippen molar-refractivity contribution in [3.8, 4) is 18.1 Å². The SMILES string of the molecule is C#CCCC[C@@H]1NC(=O)[C@H](Cc2c[nH]c3ccc(F)cc23)NC(=O)[C@H](CCCN=[N+]=[N-])NC(=O)[C@@H](C)NC(=O)[C@H](C)NC(=O)CCSCc2cccc(c2)CSCCNC(=O)[C@]2(C)CCCN2C(=O)[C@H](Cc2ccc(OC)cc2)NC(=O)[C@H]([C@@H](C)O)NC1=O. The van der Waals surface area contributed by atoms with Gasteiger partial charge in [0.05, 0.1) is 13.2 Å². The molecule has 0 radical (unpaired) electrons. The van der Waals surface area contributed by atoms with Gasteiger partial charge in [0.2, 0.25) is 53.2 Å². The van der Waals surface area contributed by atoms with Crippen LogP contribution in [0.15, 0.2) is 78.0 Å². The Morgan fingerprint density at radius 1 is 0.787 bits per heavy atom. The van der Waals surface area contributed by atoms with Crippen LogP contribution in [0.25, 0.3) is 21.3 Å². The van der Waals surface area contributed by atoms with Crippen molar-refractivity contribution in [1.82, 2.24) is 52.4 Å². The molecule has 478 valence electrons. The summed E-state index contributed by atoms with van der Waals surface area (Å²) in [6.07, 6.45) is 6.12. The molecule has 24 nitrogen and oxygen atoms in total. The molecule has 3 aromatic carbocycles. The normalized spacial score (nSPS) is 24.3. The van der Waals surface area contributed by atoms with Crippen LogP contribution in [0, 0.1) is 18.2 Å². The Hall–Kier alpha value is -8.31. The lowest BCUT2D eigenvalue weighted by molar-refractivity contribution is -0.147. The molecule has 0 saturated carbocycles. The molecule has 27 heteroatoms. The molecule has 6 rings (SSSR count). The average molecular weight is 1270 g/mol. The minimum Gasteiger partial charge on any atom is -0.497 e. The number of aliphatic hydroxyl groups is 1. The maximum Gasteiger partial charge on any atom is 0.246 e. The summed E-state index contributed by atoms with van der Waals surface area (Å²) < 4.78 is 20.1. The highest BCUT2D eigenvalue weighted by Gasteiger charge is 2.48. The van der Waals surface area contributed by atoms with Crippen LogP contribution in [-0.2, 0) is 67.5 Å². The van der Waals surface area contributed by atoms with Crippen molar-refractivity contribution in [3.05, 3.63) is 111 Å². The maximum atomic E-state index is 15.0. The van der Waals surface area contributed by atoms with Crippen molar-refractivity contribution < 1.29 is 57.4 Å². The number of terminal acetylenes is 1. The fraction of sp³-hybridized carbons (Fsp3) is 0.500. The molecular formula is C62H80FN13O11S2. The van der Waals surface area contributed by atoms with Gasteiger partial charge in [-0.3, -0.25) is 43.2 Å². The first-order valence-electron chi connectivity index (χ1n) is 29.6. The van der Waals surface area contributed by atoms with Gasteiger partial charge in [-0.05, 0) is 124 Å². The van der Waals surface area contributed by atoms with Crippen molar-refractivity contribution in [1.29, 1.82) is 0 Å². The van der Waals surface area contributed by atoms with E-state index in [1.165, 1.54) is 68.9 Å². The first-order valence-corrected chi connectivity index (χ1v) is 31.9. The first-order chi connectivity index (χ1) is 42.6. The second kappa shape index (κ2) is 34.4. The second-order valence-corrected chi connectivity index (χ2v) is 24.5. The number of H-pyrrole nitrogens is 1. The summed E-state index contributed by atoms with van der Waals surface area (Å²) in [5, 5.41) is 36.7. The molecule has 2 aliphatic heterocycles. The Labute approximate surface area is 525 Å². The summed E-state index contributed by atoms with van der Waals surface area (Å²) in [7, 11) is 1.50. The van der Waals surface area contributed by atoms with Gasteiger partial charge in [0.15, 0.2) is 0 Å². The number of carbonyl (C=O) groups is 9. The minimum atomic E-state index is -1.74. The number of hydrogen-bond acceptors (Lipinski definition) is 14. The number of aromatic amines is 1. The predicted octanol–water partition coefficient (Wildman–Crippen LogP) is 3.88. The number of benzene rings is 3. The molecule has 4 aromatic rings. The molecule has 3 heterocycles. The van der Waals surface area contributed by atoms with E-state index in [-0.39, 0.29) is 70.4 Å². The fourth-order valence-corrected chi connectivity index (χ4v) is 12.1. The highest BCUT2D eigenvalue weighted by atomic mass is 32.2. The number of thioether (sulfide) groups is 2. The highest BCUT2D eigenvalue weighted by molar-refractivity contribution is 7.98. The Balaban J connectivity index is 1.33. The summed E-state index contributed by atoms with van der Waals surface area (Å²) in [4.78, 5) is 135. The number of fused-ring (bicyclic) bond motifs is 4. The van der Waals surface area contributed by atoms with Gasteiger partial charge in [-0.15, -0.1) is 12.3 Å². The van der Waals surface area contributed by atoms with Gasteiger partial charge < -0.3 is 62.3 Å². The maximum absolute atomic E-state index is 15.0.